The summed E-state index contributed by atoms with van der Waals surface area (Å²) in [6, 6.07) is 7.27. The number of nitrogens with zero attached hydrogens (tertiary/aromatic N) is 2. The van der Waals surface area contributed by atoms with Gasteiger partial charge in [0.05, 0.1) is 0 Å². The van der Waals surface area contributed by atoms with Crippen molar-refractivity contribution in [2.75, 3.05) is 0 Å². The molecule has 0 aliphatic carbocycles. The summed E-state index contributed by atoms with van der Waals surface area (Å²) in [5, 5.41) is 10.6. The second-order valence-corrected chi connectivity index (χ2v) is 4.89. The molecule has 0 spiro atoms. The summed E-state index contributed by atoms with van der Waals surface area (Å²) in [5.41, 5.74) is 0.870. The molecule has 88 valence electrons. The summed E-state index contributed by atoms with van der Waals surface area (Å²) in [5.74, 6) is 0.409. The van der Waals surface area contributed by atoms with Gasteiger partial charge in [-0.15, -0.1) is 0 Å². The van der Waals surface area contributed by atoms with Crippen LogP contribution in [0.25, 0.3) is 0 Å². The van der Waals surface area contributed by atoms with Crippen molar-refractivity contribution in [1.82, 2.24) is 9.97 Å². The summed E-state index contributed by atoms with van der Waals surface area (Å²) < 4.78 is 0.914. The fourth-order valence-corrected chi connectivity index (χ4v) is 2.22. The van der Waals surface area contributed by atoms with Gasteiger partial charge in [0.1, 0.15) is 6.10 Å². The van der Waals surface area contributed by atoms with Gasteiger partial charge in [0.15, 0.2) is 5.82 Å². The number of hydrogen-bond donors (Lipinski definition) is 1. The molecule has 1 heterocycles. The van der Waals surface area contributed by atoms with Crippen LogP contribution in [0.4, 0.5) is 0 Å². The molecule has 0 bridgehead atoms. The van der Waals surface area contributed by atoms with Crippen molar-refractivity contribution in [3.8, 4) is 0 Å². The van der Waals surface area contributed by atoms with Gasteiger partial charge in [-0.1, -0.05) is 33.6 Å². The largest absolute Gasteiger partial charge is 0.385 e. The van der Waals surface area contributed by atoms with Gasteiger partial charge in [-0.25, -0.2) is 9.97 Å². The van der Waals surface area contributed by atoms with Crippen LogP contribution in [0, 0.1) is 0 Å². The zero-order valence-corrected chi connectivity index (χ0v) is 11.2. The van der Waals surface area contributed by atoms with E-state index in [1.54, 1.807) is 24.5 Å². The van der Waals surface area contributed by atoms with Crippen molar-refractivity contribution in [1.29, 1.82) is 0 Å². The van der Waals surface area contributed by atoms with Crippen molar-refractivity contribution in [2.24, 2.45) is 0 Å². The van der Waals surface area contributed by atoms with Crippen LogP contribution in [0.15, 0.2) is 41.1 Å². The zero-order chi connectivity index (χ0) is 12.3. The summed E-state index contributed by atoms with van der Waals surface area (Å²) in [4.78, 5) is 8.02. The highest BCUT2D eigenvalue weighted by atomic mass is 79.9. The summed E-state index contributed by atoms with van der Waals surface area (Å²) in [7, 11) is 0. The van der Waals surface area contributed by atoms with Gasteiger partial charge in [-0.05, 0) is 23.8 Å². The highest BCUT2D eigenvalue weighted by Crippen LogP contribution is 2.25. The Hall–Kier alpha value is -0.970. The number of aromatic nitrogens is 2. The fourth-order valence-electron chi connectivity index (χ4n) is 1.47. The number of rotatable bonds is 3. The SMILES string of the molecule is OC(Cc1ccc(Br)cc1Cl)c1ncccn1. The van der Waals surface area contributed by atoms with Crippen LogP contribution in [0.3, 0.4) is 0 Å². The molecule has 0 saturated heterocycles. The van der Waals surface area contributed by atoms with Crippen LogP contribution < -0.4 is 0 Å². The molecule has 17 heavy (non-hydrogen) atoms. The van der Waals surface area contributed by atoms with E-state index < -0.39 is 6.10 Å². The van der Waals surface area contributed by atoms with Crippen LogP contribution in [0.5, 0.6) is 0 Å². The Bertz CT molecular complexity index is 507. The van der Waals surface area contributed by atoms with Gasteiger partial charge in [0.25, 0.3) is 0 Å². The van der Waals surface area contributed by atoms with Gasteiger partial charge in [0.2, 0.25) is 0 Å². The maximum absolute atomic E-state index is 9.97. The van der Waals surface area contributed by atoms with Crippen molar-refractivity contribution >= 4 is 27.5 Å². The fraction of sp³-hybridized carbons (Fsp3) is 0.167. The Morgan fingerprint density at radius 1 is 1.29 bits per heavy atom. The molecule has 0 saturated carbocycles. The first-order chi connectivity index (χ1) is 8.16. The minimum atomic E-state index is -0.741. The molecule has 2 rings (SSSR count). The van der Waals surface area contributed by atoms with Gasteiger partial charge < -0.3 is 5.11 Å². The van der Waals surface area contributed by atoms with E-state index in [0.29, 0.717) is 17.3 Å². The molecule has 0 radical (unpaired) electrons. The maximum Gasteiger partial charge on any atom is 0.157 e. The minimum Gasteiger partial charge on any atom is -0.385 e. The molecule has 5 heteroatoms. The third kappa shape index (κ3) is 3.25. The molecular formula is C12H10BrClN2O. The Morgan fingerprint density at radius 2 is 2.00 bits per heavy atom. The van der Waals surface area contributed by atoms with Crippen LogP contribution in [-0.2, 0) is 6.42 Å². The average Bonchev–Trinajstić information content (AvgIpc) is 2.34. The molecule has 0 aliphatic rings. The lowest BCUT2D eigenvalue weighted by Gasteiger charge is -2.10. The van der Waals surface area contributed by atoms with E-state index >= 15 is 0 Å². The molecule has 2 aromatic rings. The molecule has 1 aromatic heterocycles. The maximum atomic E-state index is 9.97. The number of halogens is 2. The molecule has 1 unspecified atom stereocenters. The minimum absolute atomic E-state index is 0.399. The van der Waals surface area contributed by atoms with E-state index in [2.05, 4.69) is 25.9 Å². The Balaban J connectivity index is 2.16. The third-order valence-electron chi connectivity index (χ3n) is 2.31. The van der Waals surface area contributed by atoms with Gasteiger partial charge in [-0.3, -0.25) is 0 Å². The lowest BCUT2D eigenvalue weighted by molar-refractivity contribution is 0.168. The van der Waals surface area contributed by atoms with Crippen molar-refractivity contribution < 1.29 is 5.11 Å². The van der Waals surface area contributed by atoms with E-state index in [1.807, 2.05) is 12.1 Å². The van der Waals surface area contributed by atoms with Gasteiger partial charge in [0, 0.05) is 28.3 Å². The molecule has 0 amide bonds. The monoisotopic (exact) mass is 312 g/mol. The van der Waals surface area contributed by atoms with Crippen LogP contribution in [0.1, 0.15) is 17.5 Å². The quantitative estimate of drug-likeness (QED) is 0.946. The molecule has 0 aliphatic heterocycles. The smallest absolute Gasteiger partial charge is 0.157 e. The predicted molar refractivity (Wildman–Crippen MR) is 69.8 cm³/mol. The topological polar surface area (TPSA) is 46.0 Å². The first-order valence-electron chi connectivity index (χ1n) is 5.05. The van der Waals surface area contributed by atoms with Gasteiger partial charge >= 0.3 is 0 Å². The van der Waals surface area contributed by atoms with Gasteiger partial charge in [-0.2, -0.15) is 0 Å². The molecule has 1 atom stereocenters. The van der Waals surface area contributed by atoms with E-state index in [9.17, 15) is 5.11 Å². The number of benzene rings is 1. The van der Waals surface area contributed by atoms with E-state index in [1.165, 1.54) is 0 Å². The van der Waals surface area contributed by atoms with Crippen LogP contribution in [0.2, 0.25) is 5.02 Å². The molecule has 1 aromatic carbocycles. The molecular weight excluding hydrogens is 304 g/mol. The first kappa shape index (κ1) is 12.5. The highest BCUT2D eigenvalue weighted by Gasteiger charge is 2.13. The standard InChI is InChI=1S/C12H10BrClN2O/c13-9-3-2-8(10(14)7-9)6-11(17)12-15-4-1-5-16-12/h1-5,7,11,17H,6H2. The van der Waals surface area contributed by atoms with E-state index in [-0.39, 0.29) is 0 Å². The second kappa shape index (κ2) is 5.58. The Kier molecular flexibility index (Phi) is 4.10. The Morgan fingerprint density at radius 3 is 2.65 bits per heavy atom. The third-order valence-corrected chi connectivity index (χ3v) is 3.16. The van der Waals surface area contributed by atoms with E-state index in [0.717, 1.165) is 10.0 Å². The van der Waals surface area contributed by atoms with E-state index in [4.69, 9.17) is 11.6 Å². The number of aliphatic hydroxyl groups excluding tert-OH is 1. The summed E-state index contributed by atoms with van der Waals surface area (Å²) in [6.07, 6.45) is 2.87. The highest BCUT2D eigenvalue weighted by molar-refractivity contribution is 9.10. The summed E-state index contributed by atoms with van der Waals surface area (Å²) >= 11 is 9.41. The lowest BCUT2D eigenvalue weighted by Crippen LogP contribution is -2.06. The van der Waals surface area contributed by atoms with Crippen molar-refractivity contribution in [2.45, 2.75) is 12.5 Å². The van der Waals surface area contributed by atoms with Crippen LogP contribution in [-0.4, -0.2) is 15.1 Å². The Labute approximate surface area is 113 Å². The number of aliphatic hydroxyl groups is 1. The van der Waals surface area contributed by atoms with Crippen LogP contribution >= 0.6 is 27.5 Å². The second-order valence-electron chi connectivity index (χ2n) is 3.56. The van der Waals surface area contributed by atoms with Crippen molar-refractivity contribution in [3.05, 3.63) is 57.5 Å². The molecule has 1 N–H and O–H groups in total. The molecule has 0 fully saturated rings. The lowest BCUT2D eigenvalue weighted by atomic mass is 10.1. The first-order valence-corrected chi connectivity index (χ1v) is 6.23. The average molecular weight is 314 g/mol. The zero-order valence-electron chi connectivity index (χ0n) is 8.85. The molecule has 3 nitrogen and oxygen atoms in total. The number of hydrogen-bond acceptors (Lipinski definition) is 3. The van der Waals surface area contributed by atoms with Crippen molar-refractivity contribution in [3.63, 3.8) is 0 Å². The predicted octanol–water partition coefficient (Wildman–Crippen LogP) is 3.17. The summed E-state index contributed by atoms with van der Waals surface area (Å²) in [6.45, 7) is 0. The normalized spacial score (nSPS) is 12.4.